The molecule has 0 radical (unpaired) electrons. The predicted octanol–water partition coefficient (Wildman–Crippen LogP) is 2.73. The number of ether oxygens (including phenoxy) is 2. The molecule has 0 N–H and O–H groups in total. The lowest BCUT2D eigenvalue weighted by Gasteiger charge is -1.99. The van der Waals surface area contributed by atoms with E-state index in [1.54, 1.807) is 30.3 Å². The van der Waals surface area contributed by atoms with E-state index in [9.17, 15) is 19.7 Å². The van der Waals surface area contributed by atoms with Crippen molar-refractivity contribution in [1.29, 1.82) is 0 Å². The average molecular weight is 352 g/mol. The second-order valence-corrected chi connectivity index (χ2v) is 5.26. The Morgan fingerprint density at radius 2 is 1.96 bits per heavy atom. The highest BCUT2D eigenvalue weighted by atomic mass is 16.6. The highest BCUT2D eigenvalue weighted by molar-refractivity contribution is 6.13. The molecule has 1 heterocycles. The lowest BCUT2D eigenvalue weighted by atomic mass is 10.1. The number of non-ortho nitro benzene ring substituents is 1. The van der Waals surface area contributed by atoms with Crippen molar-refractivity contribution in [3.63, 3.8) is 0 Å². The first-order valence-corrected chi connectivity index (χ1v) is 7.43. The predicted molar refractivity (Wildman–Crippen MR) is 91.5 cm³/mol. The molecule has 8 heteroatoms. The van der Waals surface area contributed by atoms with Crippen LogP contribution in [0.25, 0.3) is 6.08 Å². The van der Waals surface area contributed by atoms with Crippen LogP contribution in [0, 0.1) is 10.1 Å². The number of rotatable bonds is 4. The molecule has 0 aromatic heterocycles. The molecule has 0 fully saturated rings. The third-order valence-electron chi connectivity index (χ3n) is 3.56. The molecule has 0 aliphatic carbocycles. The molecule has 1 aliphatic rings. The van der Waals surface area contributed by atoms with Crippen LogP contribution in [-0.2, 0) is 14.3 Å². The molecule has 0 amide bonds. The Morgan fingerprint density at radius 1 is 1.23 bits per heavy atom. The van der Waals surface area contributed by atoms with Crippen LogP contribution >= 0.6 is 0 Å². The summed E-state index contributed by atoms with van der Waals surface area (Å²) in [6.07, 6.45) is 1.49. The maximum atomic E-state index is 12.0. The average Bonchev–Trinajstić information content (AvgIpc) is 3.02. The van der Waals surface area contributed by atoms with Gasteiger partial charge in [0, 0.05) is 17.7 Å². The number of nitrogens with zero attached hydrogens (tertiary/aromatic N) is 2. The van der Waals surface area contributed by atoms with Gasteiger partial charge in [-0.1, -0.05) is 18.2 Å². The number of methoxy groups -OCH3 is 1. The van der Waals surface area contributed by atoms with E-state index in [-0.39, 0.29) is 17.3 Å². The van der Waals surface area contributed by atoms with Gasteiger partial charge in [0.15, 0.2) is 5.70 Å². The summed E-state index contributed by atoms with van der Waals surface area (Å²) in [5.41, 5.74) is 1.27. The van der Waals surface area contributed by atoms with Gasteiger partial charge >= 0.3 is 11.9 Å². The van der Waals surface area contributed by atoms with Crippen LogP contribution in [0.4, 0.5) is 5.69 Å². The van der Waals surface area contributed by atoms with E-state index in [0.29, 0.717) is 16.7 Å². The highest BCUT2D eigenvalue weighted by Crippen LogP contribution is 2.21. The molecule has 0 saturated carbocycles. The summed E-state index contributed by atoms with van der Waals surface area (Å²) in [5, 5.41) is 10.8. The van der Waals surface area contributed by atoms with Gasteiger partial charge in [-0.05, 0) is 29.8 Å². The van der Waals surface area contributed by atoms with Crippen LogP contribution in [0.1, 0.15) is 21.5 Å². The normalized spacial score (nSPS) is 14.7. The molecule has 0 spiro atoms. The monoisotopic (exact) mass is 352 g/mol. The fourth-order valence-electron chi connectivity index (χ4n) is 2.28. The lowest BCUT2D eigenvalue weighted by molar-refractivity contribution is -0.384. The van der Waals surface area contributed by atoms with Crippen molar-refractivity contribution in [2.45, 2.75) is 0 Å². The van der Waals surface area contributed by atoms with E-state index in [2.05, 4.69) is 9.73 Å². The van der Waals surface area contributed by atoms with Crippen molar-refractivity contribution < 1.29 is 24.0 Å². The van der Waals surface area contributed by atoms with E-state index >= 15 is 0 Å². The van der Waals surface area contributed by atoms with Crippen molar-refractivity contribution in [3.8, 4) is 0 Å². The topological polar surface area (TPSA) is 108 Å². The first-order chi connectivity index (χ1) is 12.5. The standard InChI is InChI=1S/C18H12N2O6/c1-25-17(21)12-7-5-11(6-8-12)9-15-18(22)26-16(19-15)13-3-2-4-14(10-13)20(23)24/h2-10H,1H3/b15-9-. The van der Waals surface area contributed by atoms with E-state index in [4.69, 9.17) is 4.74 Å². The van der Waals surface area contributed by atoms with Gasteiger partial charge < -0.3 is 9.47 Å². The Labute approximate surface area is 147 Å². The summed E-state index contributed by atoms with van der Waals surface area (Å²) in [6, 6.07) is 12.0. The van der Waals surface area contributed by atoms with E-state index < -0.39 is 16.9 Å². The van der Waals surface area contributed by atoms with Crippen LogP contribution in [0.15, 0.2) is 59.2 Å². The molecule has 0 saturated heterocycles. The Kier molecular flexibility index (Phi) is 4.57. The molecule has 26 heavy (non-hydrogen) atoms. The molecular weight excluding hydrogens is 340 g/mol. The van der Waals surface area contributed by atoms with Gasteiger partial charge in [0.05, 0.1) is 17.6 Å². The number of cyclic esters (lactones) is 1. The largest absolute Gasteiger partial charge is 0.465 e. The molecule has 130 valence electrons. The first kappa shape index (κ1) is 17.0. The number of hydrogen-bond donors (Lipinski definition) is 0. The first-order valence-electron chi connectivity index (χ1n) is 7.43. The highest BCUT2D eigenvalue weighted by Gasteiger charge is 2.25. The van der Waals surface area contributed by atoms with Crippen LogP contribution < -0.4 is 0 Å². The Hall–Kier alpha value is -3.81. The summed E-state index contributed by atoms with van der Waals surface area (Å²) in [4.78, 5) is 37.8. The van der Waals surface area contributed by atoms with Crippen molar-refractivity contribution >= 4 is 29.6 Å². The van der Waals surface area contributed by atoms with Gasteiger partial charge in [-0.15, -0.1) is 0 Å². The maximum absolute atomic E-state index is 12.0. The summed E-state index contributed by atoms with van der Waals surface area (Å²) in [6.45, 7) is 0. The zero-order valence-electron chi connectivity index (χ0n) is 13.5. The molecule has 0 bridgehead atoms. The van der Waals surface area contributed by atoms with Crippen LogP contribution in [0.2, 0.25) is 0 Å². The van der Waals surface area contributed by atoms with Crippen molar-refractivity contribution in [1.82, 2.24) is 0 Å². The number of carbonyl (C=O) groups is 2. The maximum Gasteiger partial charge on any atom is 0.363 e. The van der Waals surface area contributed by atoms with Crippen LogP contribution in [-0.4, -0.2) is 29.9 Å². The van der Waals surface area contributed by atoms with Gasteiger partial charge in [0.2, 0.25) is 5.90 Å². The Balaban J connectivity index is 1.88. The number of carbonyl (C=O) groups excluding carboxylic acids is 2. The second kappa shape index (κ2) is 6.98. The van der Waals surface area contributed by atoms with E-state index in [0.717, 1.165) is 0 Å². The molecule has 1 aliphatic heterocycles. The minimum atomic E-state index is -0.663. The fraction of sp³-hybridized carbons (Fsp3) is 0.0556. The Morgan fingerprint density at radius 3 is 2.62 bits per heavy atom. The number of hydrogen-bond acceptors (Lipinski definition) is 7. The number of aliphatic imine (C=N–C) groups is 1. The molecule has 8 nitrogen and oxygen atoms in total. The number of benzene rings is 2. The van der Waals surface area contributed by atoms with Gasteiger partial charge in [-0.2, -0.15) is 0 Å². The Bertz CT molecular complexity index is 960. The van der Waals surface area contributed by atoms with Gasteiger partial charge in [0.25, 0.3) is 5.69 Å². The van der Waals surface area contributed by atoms with Gasteiger partial charge in [-0.25, -0.2) is 14.6 Å². The molecule has 2 aromatic rings. The zero-order chi connectivity index (χ0) is 18.7. The smallest absolute Gasteiger partial charge is 0.363 e. The summed E-state index contributed by atoms with van der Waals surface area (Å²) in [5.74, 6) is -1.13. The van der Waals surface area contributed by atoms with Crippen molar-refractivity contribution in [2.75, 3.05) is 7.11 Å². The third-order valence-corrected chi connectivity index (χ3v) is 3.56. The molecule has 2 aromatic carbocycles. The summed E-state index contributed by atoms with van der Waals surface area (Å²) < 4.78 is 9.71. The van der Waals surface area contributed by atoms with Gasteiger partial charge in [-0.3, -0.25) is 10.1 Å². The minimum Gasteiger partial charge on any atom is -0.465 e. The molecule has 0 atom stereocenters. The third kappa shape index (κ3) is 3.48. The summed E-state index contributed by atoms with van der Waals surface area (Å²) in [7, 11) is 1.29. The van der Waals surface area contributed by atoms with Crippen LogP contribution in [0.5, 0.6) is 0 Å². The van der Waals surface area contributed by atoms with Crippen molar-refractivity contribution in [2.24, 2.45) is 4.99 Å². The van der Waals surface area contributed by atoms with E-state index in [1.807, 2.05) is 0 Å². The number of nitro benzene ring substituents is 1. The zero-order valence-corrected chi connectivity index (χ0v) is 13.5. The quantitative estimate of drug-likeness (QED) is 0.362. The van der Waals surface area contributed by atoms with E-state index in [1.165, 1.54) is 31.4 Å². The summed E-state index contributed by atoms with van der Waals surface area (Å²) >= 11 is 0. The molecule has 0 unspecified atom stereocenters. The van der Waals surface area contributed by atoms with Gasteiger partial charge in [0.1, 0.15) is 0 Å². The minimum absolute atomic E-state index is 0.00358. The van der Waals surface area contributed by atoms with Crippen molar-refractivity contribution in [3.05, 3.63) is 81.0 Å². The van der Waals surface area contributed by atoms with Crippen LogP contribution in [0.3, 0.4) is 0 Å². The number of nitro groups is 1. The molecule has 3 rings (SSSR count). The number of esters is 2. The molecular formula is C18H12N2O6. The second-order valence-electron chi connectivity index (χ2n) is 5.26. The lowest BCUT2D eigenvalue weighted by Crippen LogP contribution is -2.05. The fourth-order valence-corrected chi connectivity index (χ4v) is 2.28. The SMILES string of the molecule is COC(=O)c1ccc(/C=C2\N=C(c3cccc([N+](=O)[O-])c3)OC2=O)cc1.